The highest BCUT2D eigenvalue weighted by atomic mass is 16.5. The third kappa shape index (κ3) is 1.01. The van der Waals surface area contributed by atoms with Crippen LogP contribution < -0.4 is 11.3 Å². The highest BCUT2D eigenvalue weighted by molar-refractivity contribution is 5.75. The van der Waals surface area contributed by atoms with E-state index in [1.807, 2.05) is 0 Å². The Labute approximate surface area is 73.0 Å². The second-order valence-electron chi connectivity index (χ2n) is 2.60. The van der Waals surface area contributed by atoms with Gasteiger partial charge in [-0.25, -0.2) is 4.98 Å². The van der Waals surface area contributed by atoms with Crippen molar-refractivity contribution in [3.8, 4) is 0 Å². The first kappa shape index (κ1) is 7.60. The molecule has 13 heavy (non-hydrogen) atoms. The van der Waals surface area contributed by atoms with Gasteiger partial charge in [-0.15, -0.1) is 4.73 Å². The second kappa shape index (κ2) is 2.48. The molecular weight excluding hydrogens is 170 g/mol. The van der Waals surface area contributed by atoms with Gasteiger partial charge in [0.15, 0.2) is 5.82 Å². The van der Waals surface area contributed by atoms with Gasteiger partial charge in [-0.1, -0.05) is 12.1 Å². The third-order valence-corrected chi connectivity index (χ3v) is 1.76. The van der Waals surface area contributed by atoms with E-state index in [0.717, 1.165) is 0 Å². The molecule has 0 amide bonds. The van der Waals surface area contributed by atoms with Crippen LogP contribution in [-0.2, 0) is 0 Å². The monoisotopic (exact) mass is 177 g/mol. The average Bonchev–Trinajstić information content (AvgIpc) is 2.15. The van der Waals surface area contributed by atoms with Crippen LogP contribution in [0.25, 0.3) is 11.0 Å². The lowest BCUT2D eigenvalue weighted by atomic mass is 10.3. The first-order chi connectivity index (χ1) is 6.20. The lowest BCUT2D eigenvalue weighted by Crippen LogP contribution is -2.22. The molecule has 0 aliphatic carbocycles. The number of hydrogen-bond acceptors (Lipinski definition) is 4. The van der Waals surface area contributed by atoms with E-state index in [1.54, 1.807) is 24.3 Å². The summed E-state index contributed by atoms with van der Waals surface area (Å²) < 4.78 is 0.498. The highest BCUT2D eigenvalue weighted by Gasteiger charge is 2.05. The summed E-state index contributed by atoms with van der Waals surface area (Å²) in [6, 6.07) is 6.70. The maximum Gasteiger partial charge on any atom is 0.325 e. The molecule has 2 aromatic rings. The molecule has 3 N–H and O–H groups in total. The average molecular weight is 177 g/mol. The van der Waals surface area contributed by atoms with Crippen LogP contribution in [0.15, 0.2) is 29.1 Å². The second-order valence-corrected chi connectivity index (χ2v) is 2.60. The van der Waals surface area contributed by atoms with Crippen LogP contribution in [-0.4, -0.2) is 14.9 Å². The lowest BCUT2D eigenvalue weighted by Gasteiger charge is -2.02. The Morgan fingerprint density at radius 3 is 2.85 bits per heavy atom. The van der Waals surface area contributed by atoms with Crippen molar-refractivity contribution in [1.82, 2.24) is 9.71 Å². The summed E-state index contributed by atoms with van der Waals surface area (Å²) in [7, 11) is 0. The molecule has 0 saturated heterocycles. The fraction of sp³-hybridized carbons (Fsp3) is 0. The smallest absolute Gasteiger partial charge is 0.325 e. The van der Waals surface area contributed by atoms with E-state index in [1.165, 1.54) is 0 Å². The van der Waals surface area contributed by atoms with Crippen molar-refractivity contribution in [2.24, 2.45) is 0 Å². The zero-order chi connectivity index (χ0) is 9.42. The maximum absolute atomic E-state index is 11.1. The molecule has 0 bridgehead atoms. The van der Waals surface area contributed by atoms with Crippen molar-refractivity contribution < 1.29 is 5.21 Å². The van der Waals surface area contributed by atoms with E-state index in [0.29, 0.717) is 15.8 Å². The predicted octanol–water partition coefficient (Wildman–Crippen LogP) is 0.216. The van der Waals surface area contributed by atoms with Crippen molar-refractivity contribution in [2.75, 3.05) is 5.73 Å². The van der Waals surface area contributed by atoms with Gasteiger partial charge in [0.1, 0.15) is 5.52 Å². The van der Waals surface area contributed by atoms with E-state index < -0.39 is 5.56 Å². The van der Waals surface area contributed by atoms with Crippen molar-refractivity contribution in [3.05, 3.63) is 34.6 Å². The van der Waals surface area contributed by atoms with Crippen molar-refractivity contribution in [1.29, 1.82) is 0 Å². The van der Waals surface area contributed by atoms with Crippen LogP contribution in [0.5, 0.6) is 0 Å². The molecule has 66 valence electrons. The minimum Gasteiger partial charge on any atom is -0.425 e. The van der Waals surface area contributed by atoms with Crippen LogP contribution in [0.2, 0.25) is 0 Å². The lowest BCUT2D eigenvalue weighted by molar-refractivity contribution is 0.189. The molecule has 0 radical (unpaired) electrons. The first-order valence-corrected chi connectivity index (χ1v) is 3.66. The van der Waals surface area contributed by atoms with Crippen LogP contribution in [0.4, 0.5) is 5.82 Å². The van der Waals surface area contributed by atoms with Crippen LogP contribution in [0.3, 0.4) is 0 Å². The number of nitrogen functional groups attached to an aromatic ring is 1. The van der Waals surface area contributed by atoms with Gasteiger partial charge in [-0.3, -0.25) is 4.79 Å². The quantitative estimate of drug-likeness (QED) is 0.564. The normalized spacial score (nSPS) is 10.5. The van der Waals surface area contributed by atoms with Crippen molar-refractivity contribution in [3.63, 3.8) is 0 Å². The summed E-state index contributed by atoms with van der Waals surface area (Å²) >= 11 is 0. The summed E-state index contributed by atoms with van der Waals surface area (Å²) in [6.45, 7) is 0. The van der Waals surface area contributed by atoms with Crippen LogP contribution >= 0.6 is 0 Å². The van der Waals surface area contributed by atoms with E-state index in [2.05, 4.69) is 4.98 Å². The van der Waals surface area contributed by atoms with Gasteiger partial charge in [0, 0.05) is 0 Å². The number of aromatic nitrogens is 2. The number of rotatable bonds is 0. The summed E-state index contributed by atoms with van der Waals surface area (Å²) in [5, 5.41) is 9.32. The Bertz CT molecular complexity index is 518. The van der Waals surface area contributed by atoms with E-state index in [9.17, 15) is 10.0 Å². The fourth-order valence-electron chi connectivity index (χ4n) is 1.13. The van der Waals surface area contributed by atoms with Gasteiger partial charge >= 0.3 is 5.56 Å². The van der Waals surface area contributed by atoms with Gasteiger partial charge in [-0.05, 0) is 12.1 Å². The molecule has 0 aliphatic rings. The molecule has 0 atom stereocenters. The molecule has 0 spiro atoms. The standard InChI is InChI=1S/C8H7N3O2/c9-7-8(12)11(13)6-4-2-1-3-5(6)10-7/h1-4,13H,(H2,9,10). The third-order valence-electron chi connectivity index (χ3n) is 1.76. The van der Waals surface area contributed by atoms with Gasteiger partial charge in [0.25, 0.3) is 0 Å². The minimum atomic E-state index is -0.696. The molecule has 2 rings (SSSR count). The number of nitrogens with zero attached hydrogens (tertiary/aromatic N) is 2. The van der Waals surface area contributed by atoms with E-state index in [-0.39, 0.29) is 5.82 Å². The largest absolute Gasteiger partial charge is 0.425 e. The number of para-hydroxylation sites is 2. The number of fused-ring (bicyclic) bond motifs is 1. The van der Waals surface area contributed by atoms with Gasteiger partial charge in [0.05, 0.1) is 5.52 Å². The summed E-state index contributed by atoms with van der Waals surface area (Å²) in [4.78, 5) is 14.9. The SMILES string of the molecule is Nc1nc2ccccc2n(O)c1=O. The predicted molar refractivity (Wildman–Crippen MR) is 47.6 cm³/mol. The van der Waals surface area contributed by atoms with Gasteiger partial charge in [-0.2, -0.15) is 0 Å². The molecule has 0 saturated carbocycles. The Kier molecular flexibility index (Phi) is 1.45. The molecule has 5 heteroatoms. The zero-order valence-electron chi connectivity index (χ0n) is 6.64. The summed E-state index contributed by atoms with van der Waals surface area (Å²) in [5.41, 5.74) is 5.42. The van der Waals surface area contributed by atoms with Crippen molar-refractivity contribution >= 4 is 16.9 Å². The number of nitrogens with two attached hydrogens (primary N) is 1. The molecular formula is C8H7N3O2. The summed E-state index contributed by atoms with van der Waals surface area (Å²) in [6.07, 6.45) is 0. The molecule has 1 heterocycles. The van der Waals surface area contributed by atoms with Gasteiger partial charge < -0.3 is 10.9 Å². The molecule has 0 unspecified atom stereocenters. The Balaban J connectivity index is 3.02. The van der Waals surface area contributed by atoms with Gasteiger partial charge in [0.2, 0.25) is 0 Å². The molecule has 0 aliphatic heterocycles. The minimum absolute atomic E-state index is 0.207. The number of anilines is 1. The van der Waals surface area contributed by atoms with Crippen molar-refractivity contribution in [2.45, 2.75) is 0 Å². The Hall–Kier alpha value is -2.04. The molecule has 1 aromatic carbocycles. The molecule has 1 aromatic heterocycles. The number of hydrogen-bond donors (Lipinski definition) is 2. The molecule has 0 fully saturated rings. The van der Waals surface area contributed by atoms with E-state index in [4.69, 9.17) is 5.73 Å². The fourth-order valence-corrected chi connectivity index (χ4v) is 1.13. The van der Waals surface area contributed by atoms with E-state index >= 15 is 0 Å². The topological polar surface area (TPSA) is 81.1 Å². The maximum atomic E-state index is 11.1. The zero-order valence-corrected chi connectivity index (χ0v) is 6.64. The first-order valence-electron chi connectivity index (χ1n) is 3.66. The van der Waals surface area contributed by atoms with Crippen LogP contribution in [0.1, 0.15) is 0 Å². The Morgan fingerprint density at radius 2 is 2.08 bits per heavy atom. The number of benzene rings is 1. The highest BCUT2D eigenvalue weighted by Crippen LogP contribution is 2.08. The Morgan fingerprint density at radius 1 is 1.38 bits per heavy atom. The summed E-state index contributed by atoms with van der Waals surface area (Å²) in [5.74, 6) is -0.207. The van der Waals surface area contributed by atoms with Crippen LogP contribution in [0, 0.1) is 0 Å². The molecule has 5 nitrogen and oxygen atoms in total.